The molecule has 116 valence electrons. The molecule has 0 aliphatic carbocycles. The van der Waals surface area contributed by atoms with Gasteiger partial charge in [-0.2, -0.15) is 4.31 Å². The Morgan fingerprint density at radius 1 is 1.29 bits per heavy atom. The number of sulfonamides is 1. The minimum absolute atomic E-state index is 0.277. The number of rotatable bonds is 3. The Hall–Kier alpha value is -1.18. The molecule has 0 amide bonds. The van der Waals surface area contributed by atoms with Crippen molar-refractivity contribution in [2.45, 2.75) is 30.2 Å². The molecule has 0 saturated carbocycles. The zero-order chi connectivity index (χ0) is 14.9. The summed E-state index contributed by atoms with van der Waals surface area (Å²) in [6.07, 6.45) is 6.21. The Balaban J connectivity index is 1.90. The molecule has 0 spiro atoms. The Morgan fingerprint density at radius 3 is 2.90 bits per heavy atom. The quantitative estimate of drug-likeness (QED) is 0.901. The molecule has 0 aromatic carbocycles. The lowest BCUT2D eigenvalue weighted by molar-refractivity contribution is 0.257. The van der Waals surface area contributed by atoms with E-state index in [9.17, 15) is 8.42 Å². The van der Waals surface area contributed by atoms with E-state index in [1.165, 1.54) is 12.6 Å². The van der Waals surface area contributed by atoms with Crippen molar-refractivity contribution >= 4 is 15.7 Å². The molecule has 6 nitrogen and oxygen atoms in total. The van der Waals surface area contributed by atoms with Crippen molar-refractivity contribution in [1.29, 1.82) is 0 Å². The first-order chi connectivity index (χ1) is 10.1. The molecule has 0 bridgehead atoms. The standard InChI is InChI=1S/C14H22N4O2S/c1-15-13-5-6-16-10-14(13)21(19,20)18-9-3-8-17-7-2-4-12(17)11-18/h5-6,10,12H,2-4,7-9,11H2,1H3,(H,15,16). The third-order valence-corrected chi connectivity index (χ3v) is 6.33. The monoisotopic (exact) mass is 310 g/mol. The maximum absolute atomic E-state index is 12.9. The van der Waals surface area contributed by atoms with Crippen molar-refractivity contribution in [3.8, 4) is 0 Å². The first-order valence-corrected chi connectivity index (χ1v) is 8.93. The molecule has 3 heterocycles. The highest BCUT2D eigenvalue weighted by atomic mass is 32.2. The number of hydrogen-bond donors (Lipinski definition) is 1. The van der Waals surface area contributed by atoms with E-state index in [0.717, 1.165) is 25.9 Å². The summed E-state index contributed by atoms with van der Waals surface area (Å²) in [7, 11) is -1.75. The summed E-state index contributed by atoms with van der Waals surface area (Å²) in [5.41, 5.74) is 0.609. The Morgan fingerprint density at radius 2 is 2.10 bits per heavy atom. The molecule has 2 aliphatic rings. The fraction of sp³-hybridized carbons (Fsp3) is 0.643. The van der Waals surface area contributed by atoms with Crippen LogP contribution in [0.1, 0.15) is 19.3 Å². The fourth-order valence-electron chi connectivity index (χ4n) is 3.32. The van der Waals surface area contributed by atoms with E-state index in [4.69, 9.17) is 0 Å². The third-order valence-electron chi connectivity index (χ3n) is 4.44. The van der Waals surface area contributed by atoms with Gasteiger partial charge in [0.1, 0.15) is 4.90 Å². The van der Waals surface area contributed by atoms with Gasteiger partial charge in [0.2, 0.25) is 10.0 Å². The second-order valence-corrected chi connectivity index (χ2v) is 7.58. The van der Waals surface area contributed by atoms with Crippen LogP contribution in [0.2, 0.25) is 0 Å². The number of nitrogens with one attached hydrogen (secondary N) is 1. The molecule has 2 fully saturated rings. The van der Waals surface area contributed by atoms with Gasteiger partial charge in [-0.05, 0) is 38.4 Å². The van der Waals surface area contributed by atoms with Crippen molar-refractivity contribution in [2.75, 3.05) is 38.5 Å². The van der Waals surface area contributed by atoms with Crippen LogP contribution in [0, 0.1) is 0 Å². The summed E-state index contributed by atoms with van der Waals surface area (Å²) in [5.74, 6) is 0. The molecular formula is C14H22N4O2S. The van der Waals surface area contributed by atoms with Gasteiger partial charge < -0.3 is 5.32 Å². The van der Waals surface area contributed by atoms with Gasteiger partial charge in [0.25, 0.3) is 0 Å². The molecule has 7 heteroatoms. The summed E-state index contributed by atoms with van der Waals surface area (Å²) in [4.78, 5) is 6.69. The highest BCUT2D eigenvalue weighted by Gasteiger charge is 2.35. The second-order valence-electron chi connectivity index (χ2n) is 5.67. The lowest BCUT2D eigenvalue weighted by atomic mass is 10.2. The molecule has 1 atom stereocenters. The first kappa shape index (κ1) is 14.7. The summed E-state index contributed by atoms with van der Waals surface area (Å²) in [5, 5.41) is 2.95. The zero-order valence-corrected chi connectivity index (χ0v) is 13.1. The van der Waals surface area contributed by atoms with E-state index < -0.39 is 10.0 Å². The van der Waals surface area contributed by atoms with Crippen LogP contribution in [-0.4, -0.2) is 61.9 Å². The van der Waals surface area contributed by atoms with Crippen molar-refractivity contribution in [3.05, 3.63) is 18.5 Å². The van der Waals surface area contributed by atoms with E-state index in [0.29, 0.717) is 24.8 Å². The molecule has 0 radical (unpaired) electrons. The van der Waals surface area contributed by atoms with E-state index in [2.05, 4.69) is 15.2 Å². The van der Waals surface area contributed by atoms with Crippen molar-refractivity contribution in [1.82, 2.24) is 14.2 Å². The average Bonchev–Trinajstić information content (AvgIpc) is 2.83. The SMILES string of the molecule is CNc1ccncc1S(=O)(=O)N1CCCN2CCCC2C1. The number of anilines is 1. The Bertz CT molecular complexity index is 605. The lowest BCUT2D eigenvalue weighted by Crippen LogP contribution is -2.39. The summed E-state index contributed by atoms with van der Waals surface area (Å²) in [6.45, 7) is 3.30. The van der Waals surface area contributed by atoms with Crippen LogP contribution in [0.15, 0.2) is 23.4 Å². The van der Waals surface area contributed by atoms with Gasteiger partial charge in [-0.15, -0.1) is 0 Å². The predicted octanol–water partition coefficient (Wildman–Crippen LogP) is 0.982. The smallest absolute Gasteiger partial charge is 0.246 e. The van der Waals surface area contributed by atoms with Gasteiger partial charge in [0, 0.05) is 38.6 Å². The van der Waals surface area contributed by atoms with Crippen LogP contribution in [0.5, 0.6) is 0 Å². The molecule has 21 heavy (non-hydrogen) atoms. The molecular weight excluding hydrogens is 288 g/mol. The van der Waals surface area contributed by atoms with Gasteiger partial charge >= 0.3 is 0 Å². The Kier molecular flexibility index (Phi) is 4.14. The third kappa shape index (κ3) is 2.77. The van der Waals surface area contributed by atoms with E-state index in [-0.39, 0.29) is 4.90 Å². The molecule has 1 aromatic heterocycles. The maximum atomic E-state index is 12.9. The van der Waals surface area contributed by atoms with Crippen LogP contribution in [-0.2, 0) is 10.0 Å². The Labute approximate surface area is 126 Å². The fourth-order valence-corrected chi connectivity index (χ4v) is 4.98. The summed E-state index contributed by atoms with van der Waals surface area (Å²) >= 11 is 0. The molecule has 3 rings (SSSR count). The van der Waals surface area contributed by atoms with Crippen LogP contribution in [0.4, 0.5) is 5.69 Å². The molecule has 1 aromatic rings. The van der Waals surface area contributed by atoms with Crippen molar-refractivity contribution in [3.63, 3.8) is 0 Å². The molecule has 2 saturated heterocycles. The second kappa shape index (κ2) is 5.90. The van der Waals surface area contributed by atoms with E-state index in [1.807, 2.05) is 0 Å². The van der Waals surface area contributed by atoms with Crippen molar-refractivity contribution in [2.24, 2.45) is 0 Å². The topological polar surface area (TPSA) is 65.5 Å². The highest BCUT2D eigenvalue weighted by Crippen LogP contribution is 2.28. The summed E-state index contributed by atoms with van der Waals surface area (Å²) < 4.78 is 27.5. The molecule has 1 N–H and O–H groups in total. The molecule has 2 aliphatic heterocycles. The molecule has 1 unspecified atom stereocenters. The van der Waals surface area contributed by atoms with Crippen molar-refractivity contribution < 1.29 is 8.42 Å². The lowest BCUT2D eigenvalue weighted by Gasteiger charge is -2.25. The predicted molar refractivity (Wildman–Crippen MR) is 81.8 cm³/mol. The number of aromatic nitrogens is 1. The number of pyridine rings is 1. The summed E-state index contributed by atoms with van der Waals surface area (Å²) in [6, 6.07) is 2.07. The number of hydrogen-bond acceptors (Lipinski definition) is 5. The van der Waals surface area contributed by atoms with Gasteiger partial charge in [-0.25, -0.2) is 8.42 Å². The largest absolute Gasteiger partial charge is 0.387 e. The first-order valence-electron chi connectivity index (χ1n) is 7.49. The van der Waals surface area contributed by atoms with Crippen LogP contribution in [0.3, 0.4) is 0 Å². The maximum Gasteiger partial charge on any atom is 0.246 e. The average molecular weight is 310 g/mol. The van der Waals surface area contributed by atoms with Crippen LogP contribution in [0.25, 0.3) is 0 Å². The minimum Gasteiger partial charge on any atom is -0.387 e. The van der Waals surface area contributed by atoms with E-state index >= 15 is 0 Å². The minimum atomic E-state index is -3.49. The van der Waals surface area contributed by atoms with Crippen LogP contribution < -0.4 is 5.32 Å². The normalized spacial score (nSPS) is 24.5. The number of nitrogens with zero attached hydrogens (tertiary/aromatic N) is 3. The number of fused-ring (bicyclic) bond motifs is 1. The van der Waals surface area contributed by atoms with Gasteiger partial charge in [0.15, 0.2) is 0 Å². The van der Waals surface area contributed by atoms with Crippen LogP contribution >= 0.6 is 0 Å². The highest BCUT2D eigenvalue weighted by molar-refractivity contribution is 7.89. The van der Waals surface area contributed by atoms with Gasteiger partial charge in [-0.1, -0.05) is 0 Å². The van der Waals surface area contributed by atoms with Gasteiger partial charge in [-0.3, -0.25) is 9.88 Å². The van der Waals surface area contributed by atoms with Gasteiger partial charge in [0.05, 0.1) is 5.69 Å². The van der Waals surface area contributed by atoms with E-state index in [1.54, 1.807) is 23.6 Å². The zero-order valence-electron chi connectivity index (χ0n) is 12.3.